The molecular formula is C17H15NO2S. The SMILES string of the molecule is COc1cc(CSc2cccc(C(C)=O)c2)ccc1C#N. The first-order valence-corrected chi connectivity index (χ1v) is 7.43. The molecule has 0 atom stereocenters. The van der Waals surface area contributed by atoms with Gasteiger partial charge in [0.15, 0.2) is 5.78 Å². The number of Topliss-reactive ketones (excluding diaryl/α,β-unsaturated/α-hetero) is 1. The number of hydrogen-bond acceptors (Lipinski definition) is 4. The van der Waals surface area contributed by atoms with Crippen LogP contribution in [0.2, 0.25) is 0 Å². The van der Waals surface area contributed by atoms with E-state index in [0.717, 1.165) is 21.8 Å². The summed E-state index contributed by atoms with van der Waals surface area (Å²) in [6.45, 7) is 1.56. The van der Waals surface area contributed by atoms with Gasteiger partial charge in [0.25, 0.3) is 0 Å². The van der Waals surface area contributed by atoms with Crippen molar-refractivity contribution < 1.29 is 9.53 Å². The van der Waals surface area contributed by atoms with E-state index in [2.05, 4.69) is 6.07 Å². The third-order valence-corrected chi connectivity index (χ3v) is 4.10. The molecule has 2 aromatic rings. The van der Waals surface area contributed by atoms with Gasteiger partial charge in [-0.25, -0.2) is 0 Å². The molecule has 0 saturated heterocycles. The smallest absolute Gasteiger partial charge is 0.159 e. The Bertz CT molecular complexity index is 704. The maximum absolute atomic E-state index is 11.4. The van der Waals surface area contributed by atoms with Gasteiger partial charge >= 0.3 is 0 Å². The molecule has 3 nitrogen and oxygen atoms in total. The standard InChI is InChI=1S/C17H15NO2S/c1-12(19)14-4-3-5-16(9-14)21-11-13-6-7-15(10-18)17(8-13)20-2/h3-9H,11H2,1-2H3. The average Bonchev–Trinajstić information content (AvgIpc) is 2.52. The van der Waals surface area contributed by atoms with Crippen molar-refractivity contribution in [3.63, 3.8) is 0 Å². The zero-order chi connectivity index (χ0) is 15.2. The van der Waals surface area contributed by atoms with Gasteiger partial charge in [-0.15, -0.1) is 11.8 Å². The Kier molecular flexibility index (Phi) is 5.02. The molecule has 0 N–H and O–H groups in total. The van der Waals surface area contributed by atoms with Crippen molar-refractivity contribution >= 4 is 17.5 Å². The summed E-state index contributed by atoms with van der Waals surface area (Å²) in [6.07, 6.45) is 0. The van der Waals surface area contributed by atoms with Crippen molar-refractivity contribution in [2.24, 2.45) is 0 Å². The van der Waals surface area contributed by atoms with Crippen molar-refractivity contribution in [3.05, 3.63) is 59.2 Å². The van der Waals surface area contributed by atoms with E-state index in [1.807, 2.05) is 36.4 Å². The molecule has 0 heterocycles. The van der Waals surface area contributed by atoms with Crippen LogP contribution >= 0.6 is 11.8 Å². The molecule has 4 heteroatoms. The first kappa shape index (κ1) is 15.1. The Balaban J connectivity index is 2.11. The van der Waals surface area contributed by atoms with Gasteiger partial charge in [-0.3, -0.25) is 4.79 Å². The van der Waals surface area contributed by atoms with E-state index in [9.17, 15) is 4.79 Å². The third kappa shape index (κ3) is 3.87. The van der Waals surface area contributed by atoms with Crippen molar-refractivity contribution in [2.45, 2.75) is 17.6 Å². The number of carbonyl (C=O) groups is 1. The molecule has 0 aliphatic heterocycles. The molecule has 0 aromatic heterocycles. The van der Waals surface area contributed by atoms with E-state index in [1.165, 1.54) is 0 Å². The molecule has 0 amide bonds. The van der Waals surface area contributed by atoms with Crippen LogP contribution in [0.15, 0.2) is 47.4 Å². The van der Waals surface area contributed by atoms with Gasteiger partial charge in [0, 0.05) is 16.2 Å². The van der Waals surface area contributed by atoms with Gasteiger partial charge in [0.1, 0.15) is 11.8 Å². The molecule has 2 rings (SSSR count). The van der Waals surface area contributed by atoms with Gasteiger partial charge in [-0.1, -0.05) is 18.2 Å². The van der Waals surface area contributed by atoms with Gasteiger partial charge in [0.2, 0.25) is 0 Å². The second-order valence-electron chi connectivity index (χ2n) is 4.52. The summed E-state index contributed by atoms with van der Waals surface area (Å²) in [5, 5.41) is 8.96. The molecule has 0 bridgehead atoms. The van der Waals surface area contributed by atoms with E-state index in [4.69, 9.17) is 10.00 Å². The number of hydrogen-bond donors (Lipinski definition) is 0. The van der Waals surface area contributed by atoms with Gasteiger partial charge in [0.05, 0.1) is 12.7 Å². The van der Waals surface area contributed by atoms with Crippen molar-refractivity contribution in [3.8, 4) is 11.8 Å². The molecule has 0 unspecified atom stereocenters. The summed E-state index contributed by atoms with van der Waals surface area (Å²) in [7, 11) is 1.56. The highest BCUT2D eigenvalue weighted by Gasteiger charge is 2.05. The lowest BCUT2D eigenvalue weighted by Gasteiger charge is -2.07. The summed E-state index contributed by atoms with van der Waals surface area (Å²) in [4.78, 5) is 12.4. The van der Waals surface area contributed by atoms with Crippen LogP contribution in [-0.4, -0.2) is 12.9 Å². The van der Waals surface area contributed by atoms with E-state index in [0.29, 0.717) is 11.3 Å². The summed E-state index contributed by atoms with van der Waals surface area (Å²) in [5.74, 6) is 1.41. The minimum atomic E-state index is 0.0671. The predicted molar refractivity (Wildman–Crippen MR) is 83.7 cm³/mol. The van der Waals surface area contributed by atoms with E-state index in [1.54, 1.807) is 31.9 Å². The van der Waals surface area contributed by atoms with E-state index < -0.39 is 0 Å². The van der Waals surface area contributed by atoms with Gasteiger partial charge < -0.3 is 4.74 Å². The van der Waals surface area contributed by atoms with Crippen LogP contribution in [0.1, 0.15) is 28.4 Å². The molecule has 0 spiro atoms. The number of nitrogens with zero attached hydrogens (tertiary/aromatic N) is 1. The average molecular weight is 297 g/mol. The van der Waals surface area contributed by atoms with E-state index in [-0.39, 0.29) is 5.78 Å². The van der Waals surface area contributed by atoms with Crippen molar-refractivity contribution in [1.29, 1.82) is 5.26 Å². The highest BCUT2D eigenvalue weighted by molar-refractivity contribution is 7.98. The zero-order valence-corrected chi connectivity index (χ0v) is 12.7. The largest absolute Gasteiger partial charge is 0.495 e. The lowest BCUT2D eigenvalue weighted by Crippen LogP contribution is -1.92. The molecule has 0 radical (unpaired) electrons. The normalized spacial score (nSPS) is 9.95. The Labute approximate surface area is 128 Å². The number of rotatable bonds is 5. The Hall–Kier alpha value is -2.25. The summed E-state index contributed by atoms with van der Waals surface area (Å²) in [6, 6.07) is 15.2. The van der Waals surface area contributed by atoms with Crippen molar-refractivity contribution in [2.75, 3.05) is 7.11 Å². The highest BCUT2D eigenvalue weighted by Crippen LogP contribution is 2.27. The quantitative estimate of drug-likeness (QED) is 0.617. The highest BCUT2D eigenvalue weighted by atomic mass is 32.2. The van der Waals surface area contributed by atoms with Crippen LogP contribution in [0.4, 0.5) is 0 Å². The number of benzene rings is 2. The predicted octanol–water partition coefficient (Wildman–Crippen LogP) is 4.06. The van der Waals surface area contributed by atoms with Gasteiger partial charge in [-0.05, 0) is 36.8 Å². The number of ether oxygens (including phenoxy) is 1. The Morgan fingerprint density at radius 1 is 1.29 bits per heavy atom. The molecule has 0 aliphatic rings. The lowest BCUT2D eigenvalue weighted by atomic mass is 10.1. The van der Waals surface area contributed by atoms with E-state index >= 15 is 0 Å². The second-order valence-corrected chi connectivity index (χ2v) is 5.57. The first-order chi connectivity index (χ1) is 10.1. The van der Waals surface area contributed by atoms with Crippen LogP contribution in [0, 0.1) is 11.3 Å². The fourth-order valence-corrected chi connectivity index (χ4v) is 2.79. The van der Waals surface area contributed by atoms with Crippen LogP contribution in [0.5, 0.6) is 5.75 Å². The minimum absolute atomic E-state index is 0.0671. The first-order valence-electron chi connectivity index (χ1n) is 6.45. The number of nitriles is 1. The molecule has 0 aliphatic carbocycles. The lowest BCUT2D eigenvalue weighted by molar-refractivity contribution is 0.101. The van der Waals surface area contributed by atoms with Crippen molar-refractivity contribution in [1.82, 2.24) is 0 Å². The Morgan fingerprint density at radius 2 is 2.10 bits per heavy atom. The molecule has 0 saturated carbocycles. The third-order valence-electron chi connectivity index (χ3n) is 3.03. The minimum Gasteiger partial charge on any atom is -0.495 e. The Morgan fingerprint density at radius 3 is 2.76 bits per heavy atom. The molecule has 21 heavy (non-hydrogen) atoms. The number of ketones is 1. The summed E-state index contributed by atoms with van der Waals surface area (Å²) >= 11 is 1.65. The molecule has 0 fully saturated rings. The molecule has 2 aromatic carbocycles. The number of methoxy groups -OCH3 is 1. The monoisotopic (exact) mass is 297 g/mol. The zero-order valence-electron chi connectivity index (χ0n) is 11.9. The number of carbonyl (C=O) groups excluding carboxylic acids is 1. The fourth-order valence-electron chi connectivity index (χ4n) is 1.89. The summed E-state index contributed by atoms with van der Waals surface area (Å²) < 4.78 is 5.20. The summed E-state index contributed by atoms with van der Waals surface area (Å²) in [5.41, 5.74) is 2.33. The molecular weight excluding hydrogens is 282 g/mol. The van der Waals surface area contributed by atoms with Crippen LogP contribution in [0.3, 0.4) is 0 Å². The topological polar surface area (TPSA) is 50.1 Å². The number of thioether (sulfide) groups is 1. The maximum atomic E-state index is 11.4. The van der Waals surface area contributed by atoms with Crippen LogP contribution < -0.4 is 4.74 Å². The molecule has 106 valence electrons. The second kappa shape index (κ2) is 6.96. The van der Waals surface area contributed by atoms with Gasteiger partial charge in [-0.2, -0.15) is 5.26 Å². The fraction of sp³-hybridized carbons (Fsp3) is 0.176. The van der Waals surface area contributed by atoms with Crippen LogP contribution in [-0.2, 0) is 5.75 Å². The van der Waals surface area contributed by atoms with Crippen LogP contribution in [0.25, 0.3) is 0 Å². The maximum Gasteiger partial charge on any atom is 0.159 e.